The summed E-state index contributed by atoms with van der Waals surface area (Å²) >= 11 is 4.53. The second-order valence-corrected chi connectivity index (χ2v) is 9.88. The van der Waals surface area contributed by atoms with E-state index in [1.807, 2.05) is 6.92 Å². The Morgan fingerprint density at radius 1 is 1.14 bits per heavy atom. The van der Waals surface area contributed by atoms with Gasteiger partial charge in [-0.3, -0.25) is 14.5 Å². The molecule has 3 aromatic carbocycles. The fraction of sp³-hybridized carbons (Fsp3) is 0.115. The van der Waals surface area contributed by atoms with E-state index in [0.717, 1.165) is 21.4 Å². The Morgan fingerprint density at radius 3 is 2.69 bits per heavy atom. The molecule has 9 heteroatoms. The molecule has 1 saturated heterocycles. The van der Waals surface area contributed by atoms with Crippen LogP contribution in [0.3, 0.4) is 0 Å². The largest absolute Gasteiger partial charge is 0.507 e. The van der Waals surface area contributed by atoms with Crippen LogP contribution in [0.4, 0.5) is 9.52 Å². The molecule has 0 saturated carbocycles. The number of aliphatic hydroxyl groups excluding tert-OH is 1. The van der Waals surface area contributed by atoms with Gasteiger partial charge in [-0.25, -0.2) is 9.37 Å². The molecule has 2 heterocycles. The Kier molecular flexibility index (Phi) is 5.90. The number of ketones is 1. The molecular formula is C26H18BrFN2O4S. The van der Waals surface area contributed by atoms with Crippen molar-refractivity contribution >= 4 is 60.1 Å². The monoisotopic (exact) mass is 552 g/mol. The third kappa shape index (κ3) is 4.00. The molecule has 1 atom stereocenters. The van der Waals surface area contributed by atoms with E-state index in [1.165, 1.54) is 30.2 Å². The average Bonchev–Trinajstić information content (AvgIpc) is 3.38. The number of aromatic nitrogens is 1. The molecule has 0 radical (unpaired) electrons. The van der Waals surface area contributed by atoms with Crippen molar-refractivity contribution in [3.63, 3.8) is 0 Å². The molecule has 0 spiro atoms. The molecular weight excluding hydrogens is 535 g/mol. The standard InChI is InChI=1S/C26H18BrFN2O4S/c1-13-10-15(6-8-18(13)27)23(31)21-22(14-4-3-5-17(11-14)34-2)30(25(33)24(21)32)26-29-19-9-7-16(28)12-20(19)35-26/h3-12,22,31H,1-2H3/b23-21+. The van der Waals surface area contributed by atoms with Crippen molar-refractivity contribution in [1.29, 1.82) is 0 Å². The molecule has 5 rings (SSSR count). The van der Waals surface area contributed by atoms with Crippen LogP contribution in [0.2, 0.25) is 0 Å². The Hall–Kier alpha value is -3.56. The second kappa shape index (κ2) is 8.90. The number of nitrogens with zero attached hydrogens (tertiary/aromatic N) is 2. The summed E-state index contributed by atoms with van der Waals surface area (Å²) in [5.74, 6) is -1.85. The number of rotatable bonds is 4. The predicted octanol–water partition coefficient (Wildman–Crippen LogP) is 6.14. The van der Waals surface area contributed by atoms with Crippen LogP contribution in [0.25, 0.3) is 16.0 Å². The lowest BCUT2D eigenvalue weighted by Crippen LogP contribution is -2.29. The molecule has 6 nitrogen and oxygen atoms in total. The summed E-state index contributed by atoms with van der Waals surface area (Å²) in [5, 5.41) is 11.5. The molecule has 1 N–H and O–H groups in total. The van der Waals surface area contributed by atoms with Gasteiger partial charge in [-0.1, -0.05) is 45.5 Å². The first-order valence-electron chi connectivity index (χ1n) is 10.6. The van der Waals surface area contributed by atoms with Crippen LogP contribution in [0.15, 0.2) is 70.7 Å². The molecule has 4 aromatic rings. The highest BCUT2D eigenvalue weighted by Crippen LogP contribution is 2.45. The third-order valence-corrected chi connectivity index (χ3v) is 7.74. The van der Waals surface area contributed by atoms with Gasteiger partial charge in [-0.05, 0) is 60.5 Å². The van der Waals surface area contributed by atoms with Gasteiger partial charge in [0.25, 0.3) is 5.78 Å². The van der Waals surface area contributed by atoms with E-state index in [2.05, 4.69) is 20.9 Å². The number of ether oxygens (including phenoxy) is 1. The smallest absolute Gasteiger partial charge is 0.301 e. The number of fused-ring (bicyclic) bond motifs is 1. The number of thiazole rings is 1. The maximum Gasteiger partial charge on any atom is 0.301 e. The van der Waals surface area contributed by atoms with Gasteiger partial charge in [0, 0.05) is 10.0 Å². The number of benzene rings is 3. The minimum absolute atomic E-state index is 0.0598. The molecule has 1 aliphatic rings. The van der Waals surface area contributed by atoms with Gasteiger partial charge >= 0.3 is 5.91 Å². The minimum Gasteiger partial charge on any atom is -0.507 e. The van der Waals surface area contributed by atoms with E-state index in [0.29, 0.717) is 27.1 Å². The normalized spacial score (nSPS) is 17.4. The number of aliphatic hydroxyl groups is 1. The van der Waals surface area contributed by atoms with Crippen LogP contribution < -0.4 is 9.64 Å². The number of carbonyl (C=O) groups excluding carboxylic acids is 2. The van der Waals surface area contributed by atoms with Crippen molar-refractivity contribution in [1.82, 2.24) is 4.98 Å². The number of Topliss-reactive ketones (excluding diaryl/α,β-unsaturated/α-hetero) is 1. The Bertz CT molecular complexity index is 1550. The number of halogens is 2. The summed E-state index contributed by atoms with van der Waals surface area (Å²) in [6, 6.07) is 15.3. The van der Waals surface area contributed by atoms with Gasteiger partial charge in [0.2, 0.25) is 0 Å². The molecule has 176 valence electrons. The molecule has 35 heavy (non-hydrogen) atoms. The molecule has 1 aliphatic heterocycles. The summed E-state index contributed by atoms with van der Waals surface area (Å²) in [4.78, 5) is 32.4. The van der Waals surface area contributed by atoms with Gasteiger partial charge in [0.15, 0.2) is 5.13 Å². The number of anilines is 1. The summed E-state index contributed by atoms with van der Waals surface area (Å²) in [6.07, 6.45) is 0. The number of hydrogen-bond acceptors (Lipinski definition) is 6. The Labute approximate surface area is 212 Å². The van der Waals surface area contributed by atoms with Crippen molar-refractivity contribution in [2.24, 2.45) is 0 Å². The lowest BCUT2D eigenvalue weighted by atomic mass is 9.95. The van der Waals surface area contributed by atoms with E-state index in [1.54, 1.807) is 42.5 Å². The van der Waals surface area contributed by atoms with E-state index in [9.17, 15) is 19.1 Å². The highest BCUT2D eigenvalue weighted by Gasteiger charge is 2.48. The van der Waals surface area contributed by atoms with Gasteiger partial charge in [-0.2, -0.15) is 0 Å². The van der Waals surface area contributed by atoms with Gasteiger partial charge < -0.3 is 9.84 Å². The first kappa shape index (κ1) is 23.2. The van der Waals surface area contributed by atoms with Crippen molar-refractivity contribution in [2.45, 2.75) is 13.0 Å². The summed E-state index contributed by atoms with van der Waals surface area (Å²) in [7, 11) is 1.52. The van der Waals surface area contributed by atoms with Gasteiger partial charge in [0.05, 0.1) is 28.9 Å². The second-order valence-electron chi connectivity index (χ2n) is 8.02. The summed E-state index contributed by atoms with van der Waals surface area (Å²) in [6.45, 7) is 1.86. The predicted molar refractivity (Wildman–Crippen MR) is 136 cm³/mol. The topological polar surface area (TPSA) is 79.7 Å². The Morgan fingerprint density at radius 2 is 1.94 bits per heavy atom. The maximum atomic E-state index is 13.8. The van der Waals surface area contributed by atoms with E-state index in [-0.39, 0.29) is 16.5 Å². The fourth-order valence-corrected chi connectivity index (χ4v) is 5.36. The van der Waals surface area contributed by atoms with Crippen molar-refractivity contribution in [3.05, 3.63) is 93.2 Å². The number of hydrogen-bond donors (Lipinski definition) is 1. The van der Waals surface area contributed by atoms with Crippen LogP contribution in [-0.2, 0) is 9.59 Å². The number of amides is 1. The molecule has 1 fully saturated rings. The highest BCUT2D eigenvalue weighted by molar-refractivity contribution is 9.10. The zero-order valence-corrected chi connectivity index (χ0v) is 21.0. The maximum absolute atomic E-state index is 13.8. The quantitative estimate of drug-likeness (QED) is 0.187. The number of aryl methyl sites for hydroxylation is 1. The minimum atomic E-state index is -0.959. The zero-order valence-electron chi connectivity index (χ0n) is 18.6. The Balaban J connectivity index is 1.75. The molecule has 0 bridgehead atoms. The number of methoxy groups -OCH3 is 1. The van der Waals surface area contributed by atoms with Crippen LogP contribution in [0.5, 0.6) is 5.75 Å². The van der Waals surface area contributed by atoms with Gasteiger partial charge in [-0.15, -0.1) is 0 Å². The average molecular weight is 553 g/mol. The highest BCUT2D eigenvalue weighted by atomic mass is 79.9. The van der Waals surface area contributed by atoms with Crippen LogP contribution >= 0.6 is 27.3 Å². The summed E-state index contributed by atoms with van der Waals surface area (Å²) in [5.41, 5.74) is 2.26. The van der Waals surface area contributed by atoms with Crippen LogP contribution in [0.1, 0.15) is 22.7 Å². The first-order chi connectivity index (χ1) is 16.8. The molecule has 1 amide bonds. The zero-order chi connectivity index (χ0) is 24.9. The molecule has 1 unspecified atom stereocenters. The van der Waals surface area contributed by atoms with Gasteiger partial charge in [0.1, 0.15) is 17.3 Å². The van der Waals surface area contributed by atoms with Crippen molar-refractivity contribution in [2.75, 3.05) is 12.0 Å². The van der Waals surface area contributed by atoms with E-state index >= 15 is 0 Å². The van der Waals surface area contributed by atoms with Crippen LogP contribution in [0, 0.1) is 12.7 Å². The van der Waals surface area contributed by atoms with E-state index in [4.69, 9.17) is 4.74 Å². The van der Waals surface area contributed by atoms with Crippen molar-refractivity contribution in [3.8, 4) is 5.75 Å². The van der Waals surface area contributed by atoms with Crippen LogP contribution in [-0.4, -0.2) is 28.9 Å². The lowest BCUT2D eigenvalue weighted by Gasteiger charge is -2.23. The molecule has 0 aliphatic carbocycles. The van der Waals surface area contributed by atoms with E-state index < -0.39 is 23.5 Å². The third-order valence-electron chi connectivity index (χ3n) is 5.83. The van der Waals surface area contributed by atoms with Crippen molar-refractivity contribution < 1.29 is 23.8 Å². The SMILES string of the molecule is COc1cccc(C2/C(=C(\O)c3ccc(Br)c(C)c3)C(=O)C(=O)N2c2nc3ccc(F)cc3s2)c1. The first-order valence-corrected chi connectivity index (χ1v) is 12.2. The number of carbonyl (C=O) groups is 2. The fourth-order valence-electron chi connectivity index (χ4n) is 4.09. The lowest BCUT2D eigenvalue weighted by molar-refractivity contribution is -0.132. The molecule has 1 aromatic heterocycles. The summed E-state index contributed by atoms with van der Waals surface area (Å²) < 4.78 is 20.5.